The van der Waals surface area contributed by atoms with E-state index >= 15 is 0 Å². The Morgan fingerprint density at radius 2 is 1.43 bits per heavy atom. The molecule has 14 heteroatoms. The van der Waals surface area contributed by atoms with Crippen LogP contribution in [0.15, 0.2) is 102 Å². The first-order valence-electron chi connectivity index (χ1n) is 14.2. The number of amides is 2. The van der Waals surface area contributed by atoms with Gasteiger partial charge in [-0.05, 0) is 60.5 Å². The van der Waals surface area contributed by atoms with Gasteiger partial charge < -0.3 is 10.2 Å². The summed E-state index contributed by atoms with van der Waals surface area (Å²) < 4.78 is 70.0. The van der Waals surface area contributed by atoms with Crippen molar-refractivity contribution in [2.24, 2.45) is 0 Å². The van der Waals surface area contributed by atoms with Crippen molar-refractivity contribution >= 4 is 62.3 Å². The van der Waals surface area contributed by atoms with Crippen LogP contribution >= 0.6 is 34.8 Å². The lowest BCUT2D eigenvalue weighted by Gasteiger charge is -2.34. The van der Waals surface area contributed by atoms with Crippen LogP contribution in [-0.2, 0) is 38.8 Å². The van der Waals surface area contributed by atoms with Crippen molar-refractivity contribution in [2.45, 2.75) is 37.0 Å². The van der Waals surface area contributed by atoms with Crippen LogP contribution in [0.2, 0.25) is 15.1 Å². The number of nitrogens with zero attached hydrogens (tertiary/aromatic N) is 2. The van der Waals surface area contributed by atoms with E-state index in [9.17, 15) is 31.2 Å². The number of rotatable bonds is 12. The standard InChI is InChI=1S/C33H29Cl3F3N3O4S/c1-2-40-32(44)30(18-22-9-5-3-6-10-22)41(20-23-13-15-26(34)28(36)17-23)31(43)21-42(47(45,46)25-11-7-4-8-12-25)29-19-24(33(37,38)39)14-16-27(29)35/h3-17,19,30H,2,18,20-21H2,1H3,(H,40,44)/t30-/m1/s1. The topological polar surface area (TPSA) is 86.8 Å². The third-order valence-corrected chi connectivity index (χ3v) is 9.94. The number of halogens is 6. The van der Waals surface area contributed by atoms with E-state index in [0.29, 0.717) is 27.6 Å². The molecule has 0 aliphatic carbocycles. The third kappa shape index (κ3) is 8.98. The molecule has 0 fully saturated rings. The Morgan fingerprint density at radius 1 is 0.809 bits per heavy atom. The molecule has 1 atom stereocenters. The first-order chi connectivity index (χ1) is 22.2. The van der Waals surface area contributed by atoms with Gasteiger partial charge in [-0.15, -0.1) is 0 Å². The zero-order valence-electron chi connectivity index (χ0n) is 24.8. The molecule has 0 spiro atoms. The second-order valence-electron chi connectivity index (χ2n) is 10.4. The predicted molar refractivity (Wildman–Crippen MR) is 177 cm³/mol. The molecule has 4 aromatic rings. The number of carbonyl (C=O) groups excluding carboxylic acids is 2. The fourth-order valence-corrected chi connectivity index (χ4v) is 6.83. The summed E-state index contributed by atoms with van der Waals surface area (Å²) in [4.78, 5) is 28.9. The van der Waals surface area contributed by atoms with Crippen molar-refractivity contribution in [3.63, 3.8) is 0 Å². The minimum atomic E-state index is -4.84. The maximum atomic E-state index is 14.4. The van der Waals surface area contributed by atoms with Crippen molar-refractivity contribution < 1.29 is 31.2 Å². The van der Waals surface area contributed by atoms with E-state index in [1.54, 1.807) is 49.4 Å². The van der Waals surface area contributed by atoms with Crippen LogP contribution in [0, 0.1) is 0 Å². The SMILES string of the molecule is CCNC(=O)[C@@H](Cc1ccccc1)N(Cc1ccc(Cl)c(Cl)c1)C(=O)CN(c1cc(C(F)(F)F)ccc1Cl)S(=O)(=O)c1ccccc1. The average molecular weight is 727 g/mol. The predicted octanol–water partition coefficient (Wildman–Crippen LogP) is 7.64. The van der Waals surface area contributed by atoms with E-state index in [0.717, 1.165) is 6.07 Å². The molecular formula is C33H29Cl3F3N3O4S. The molecule has 0 unspecified atom stereocenters. The zero-order chi connectivity index (χ0) is 34.4. The summed E-state index contributed by atoms with van der Waals surface area (Å²) in [5, 5.41) is 2.81. The van der Waals surface area contributed by atoms with Gasteiger partial charge in [0.2, 0.25) is 11.8 Å². The van der Waals surface area contributed by atoms with E-state index in [-0.39, 0.29) is 39.5 Å². The van der Waals surface area contributed by atoms with Gasteiger partial charge in [-0.25, -0.2) is 8.42 Å². The number of sulfonamides is 1. The summed E-state index contributed by atoms with van der Waals surface area (Å²) >= 11 is 18.7. The lowest BCUT2D eigenvalue weighted by molar-refractivity contribution is -0.140. The maximum Gasteiger partial charge on any atom is 0.416 e. The van der Waals surface area contributed by atoms with E-state index < -0.39 is 51.9 Å². The quantitative estimate of drug-likeness (QED) is 0.163. The molecule has 0 aliphatic rings. The van der Waals surface area contributed by atoms with Crippen molar-refractivity contribution in [3.8, 4) is 0 Å². The van der Waals surface area contributed by atoms with Gasteiger partial charge in [0.1, 0.15) is 12.6 Å². The van der Waals surface area contributed by atoms with Crippen molar-refractivity contribution in [3.05, 3.63) is 129 Å². The number of carbonyl (C=O) groups is 2. The number of hydrogen-bond acceptors (Lipinski definition) is 4. The highest BCUT2D eigenvalue weighted by Gasteiger charge is 2.37. The molecule has 0 aliphatic heterocycles. The molecule has 0 saturated carbocycles. The van der Waals surface area contributed by atoms with E-state index in [1.165, 1.54) is 41.3 Å². The summed E-state index contributed by atoms with van der Waals surface area (Å²) in [6, 6.07) is 21.4. The average Bonchev–Trinajstić information content (AvgIpc) is 3.04. The van der Waals surface area contributed by atoms with E-state index in [2.05, 4.69) is 5.32 Å². The van der Waals surface area contributed by atoms with Crippen LogP contribution < -0.4 is 9.62 Å². The highest BCUT2D eigenvalue weighted by molar-refractivity contribution is 7.92. The summed E-state index contributed by atoms with van der Waals surface area (Å²) in [6.07, 6.45) is -4.81. The molecular weight excluding hydrogens is 698 g/mol. The molecule has 0 bridgehead atoms. The highest BCUT2D eigenvalue weighted by atomic mass is 35.5. The molecule has 4 rings (SSSR count). The van der Waals surface area contributed by atoms with Gasteiger partial charge in [0.05, 0.1) is 31.2 Å². The molecule has 0 saturated heterocycles. The zero-order valence-corrected chi connectivity index (χ0v) is 27.9. The fourth-order valence-electron chi connectivity index (χ4n) is 4.79. The van der Waals surface area contributed by atoms with Gasteiger partial charge in [0.15, 0.2) is 0 Å². The molecule has 0 radical (unpaired) electrons. The second kappa shape index (κ2) is 15.4. The van der Waals surface area contributed by atoms with Crippen LogP contribution in [0.1, 0.15) is 23.6 Å². The van der Waals surface area contributed by atoms with Crippen LogP contribution in [0.5, 0.6) is 0 Å². The lowest BCUT2D eigenvalue weighted by atomic mass is 10.0. The van der Waals surface area contributed by atoms with Gasteiger partial charge >= 0.3 is 6.18 Å². The molecule has 0 aromatic heterocycles. The van der Waals surface area contributed by atoms with Crippen LogP contribution in [0.25, 0.3) is 0 Å². The minimum absolute atomic E-state index is 0.0372. The Morgan fingerprint density at radius 3 is 2.02 bits per heavy atom. The largest absolute Gasteiger partial charge is 0.416 e. The van der Waals surface area contributed by atoms with Gasteiger partial charge in [-0.1, -0.05) is 89.4 Å². The van der Waals surface area contributed by atoms with Gasteiger partial charge in [-0.3, -0.25) is 13.9 Å². The van der Waals surface area contributed by atoms with Crippen LogP contribution in [0.3, 0.4) is 0 Å². The molecule has 1 N–H and O–H groups in total. The van der Waals surface area contributed by atoms with Gasteiger partial charge in [-0.2, -0.15) is 13.2 Å². The molecule has 248 valence electrons. The first kappa shape index (κ1) is 36.1. The molecule has 0 heterocycles. The summed E-state index contributed by atoms with van der Waals surface area (Å²) in [5.74, 6) is -1.42. The number of nitrogens with one attached hydrogen (secondary N) is 1. The number of hydrogen-bond donors (Lipinski definition) is 1. The van der Waals surface area contributed by atoms with E-state index in [1.807, 2.05) is 0 Å². The van der Waals surface area contributed by atoms with Crippen LogP contribution in [-0.4, -0.2) is 44.3 Å². The Labute approximate surface area is 285 Å². The highest BCUT2D eigenvalue weighted by Crippen LogP contribution is 2.37. The van der Waals surface area contributed by atoms with Crippen molar-refractivity contribution in [2.75, 3.05) is 17.4 Å². The molecule has 2 amide bonds. The van der Waals surface area contributed by atoms with Crippen molar-refractivity contribution in [1.82, 2.24) is 10.2 Å². The smallest absolute Gasteiger partial charge is 0.355 e. The summed E-state index contributed by atoms with van der Waals surface area (Å²) in [7, 11) is -4.67. The molecule has 47 heavy (non-hydrogen) atoms. The van der Waals surface area contributed by atoms with E-state index in [4.69, 9.17) is 34.8 Å². The normalized spacial score (nSPS) is 12.3. The molecule has 7 nitrogen and oxygen atoms in total. The monoisotopic (exact) mass is 725 g/mol. The minimum Gasteiger partial charge on any atom is -0.355 e. The van der Waals surface area contributed by atoms with Gasteiger partial charge in [0.25, 0.3) is 10.0 Å². The molecule has 4 aromatic carbocycles. The number of benzene rings is 4. The fraction of sp³-hybridized carbons (Fsp3) is 0.212. The van der Waals surface area contributed by atoms with Gasteiger partial charge in [0, 0.05) is 19.5 Å². The van der Waals surface area contributed by atoms with Crippen molar-refractivity contribution in [1.29, 1.82) is 0 Å². The second-order valence-corrected chi connectivity index (χ2v) is 13.4. The Balaban J connectivity index is 1.87. The lowest BCUT2D eigenvalue weighted by Crippen LogP contribution is -2.53. The summed E-state index contributed by atoms with van der Waals surface area (Å²) in [5.41, 5.74) is -0.574. The Bertz CT molecular complexity index is 1830. The van der Waals surface area contributed by atoms with Crippen LogP contribution in [0.4, 0.5) is 18.9 Å². The third-order valence-electron chi connectivity index (χ3n) is 7.11. The Kier molecular flexibility index (Phi) is 11.8. The number of anilines is 1. The Hall–Kier alpha value is -3.77. The number of alkyl halides is 3. The maximum absolute atomic E-state index is 14.4. The first-order valence-corrected chi connectivity index (χ1v) is 16.8. The number of likely N-dealkylation sites (N-methyl/N-ethyl adjacent to an activating group) is 1. The summed E-state index contributed by atoms with van der Waals surface area (Å²) in [6.45, 7) is 0.712.